The number of nitrogens with zero attached hydrogens (tertiary/aromatic N) is 2. The van der Waals surface area contributed by atoms with Crippen molar-refractivity contribution in [2.45, 2.75) is 41.0 Å². The average Bonchev–Trinajstić information content (AvgIpc) is 2.76. The minimum atomic E-state index is -0.322. The molecule has 3 amide bonds. The first-order valence-electron chi connectivity index (χ1n) is 7.08. The Morgan fingerprint density at radius 1 is 1.05 bits per heavy atom. The molecule has 114 valence electrons. The predicted molar refractivity (Wildman–Crippen MR) is 78.6 cm³/mol. The summed E-state index contributed by atoms with van der Waals surface area (Å²) in [6.07, 6.45) is 0.573. The Balaban J connectivity index is 2.19. The van der Waals surface area contributed by atoms with Gasteiger partial charge in [0.05, 0.1) is 0 Å². The van der Waals surface area contributed by atoms with Gasteiger partial charge in [-0.05, 0) is 25.7 Å². The van der Waals surface area contributed by atoms with Crippen LogP contribution in [0.25, 0.3) is 0 Å². The third kappa shape index (κ3) is 2.41. The summed E-state index contributed by atoms with van der Waals surface area (Å²) in [7, 11) is 0. The molecule has 0 aromatic rings. The summed E-state index contributed by atoms with van der Waals surface area (Å²) in [6, 6.07) is 0. The molecule has 5 nitrogen and oxygen atoms in total. The van der Waals surface area contributed by atoms with Crippen molar-refractivity contribution in [3.8, 4) is 0 Å². The fourth-order valence-electron chi connectivity index (χ4n) is 2.71. The van der Waals surface area contributed by atoms with E-state index in [9.17, 15) is 14.4 Å². The van der Waals surface area contributed by atoms with Gasteiger partial charge in [-0.15, -0.1) is 0 Å². The Labute approximate surface area is 125 Å². The summed E-state index contributed by atoms with van der Waals surface area (Å²) in [5.74, 6) is -0.863. The fourth-order valence-corrected chi connectivity index (χ4v) is 2.71. The van der Waals surface area contributed by atoms with Crippen LogP contribution in [0.4, 0.5) is 0 Å². The molecule has 2 heterocycles. The van der Waals surface area contributed by atoms with Gasteiger partial charge in [-0.25, -0.2) is 0 Å². The lowest BCUT2D eigenvalue weighted by molar-refractivity contribution is -0.143. The topological polar surface area (TPSA) is 57.7 Å². The molecule has 5 heteroatoms. The number of hydrogen-bond acceptors (Lipinski definition) is 3. The van der Waals surface area contributed by atoms with Crippen LogP contribution in [0, 0.1) is 11.3 Å². The lowest BCUT2D eigenvalue weighted by atomic mass is 9.79. The van der Waals surface area contributed by atoms with Crippen LogP contribution in [0.5, 0.6) is 0 Å². The Morgan fingerprint density at radius 2 is 1.52 bits per heavy atom. The molecular weight excluding hydrogens is 268 g/mol. The van der Waals surface area contributed by atoms with E-state index in [4.69, 9.17) is 0 Å². The van der Waals surface area contributed by atoms with Crippen LogP contribution in [-0.4, -0.2) is 34.2 Å². The molecule has 2 aliphatic rings. The van der Waals surface area contributed by atoms with Gasteiger partial charge in [-0.3, -0.25) is 24.2 Å². The van der Waals surface area contributed by atoms with Crippen LogP contribution in [0.3, 0.4) is 0 Å². The summed E-state index contributed by atoms with van der Waals surface area (Å²) < 4.78 is 0. The van der Waals surface area contributed by atoms with Gasteiger partial charge in [0.15, 0.2) is 0 Å². The van der Waals surface area contributed by atoms with E-state index < -0.39 is 0 Å². The molecule has 21 heavy (non-hydrogen) atoms. The predicted octanol–water partition coefficient (Wildman–Crippen LogP) is 2.06. The second kappa shape index (κ2) is 4.83. The summed E-state index contributed by atoms with van der Waals surface area (Å²) >= 11 is 0. The van der Waals surface area contributed by atoms with Gasteiger partial charge in [0.25, 0.3) is 11.8 Å². The molecule has 0 radical (unpaired) electrons. The lowest BCUT2D eigenvalue weighted by Gasteiger charge is -2.27. The highest BCUT2D eigenvalue weighted by Gasteiger charge is 2.44. The van der Waals surface area contributed by atoms with E-state index in [2.05, 4.69) is 6.58 Å². The maximum atomic E-state index is 12.5. The number of hydrogen-bond donors (Lipinski definition) is 0. The quantitative estimate of drug-likeness (QED) is 0.731. The van der Waals surface area contributed by atoms with Crippen molar-refractivity contribution < 1.29 is 14.4 Å². The number of rotatable bonds is 2. The standard InChI is InChI=1S/C16H22N2O3/c1-9-7-12(16(4,5)6)15(21)17(9)8-18-13(19)10(2)11(3)14(18)20/h12H,1,7-8H2,2-6H3. The molecule has 0 spiro atoms. The van der Waals surface area contributed by atoms with Gasteiger partial charge in [-0.2, -0.15) is 0 Å². The highest BCUT2D eigenvalue weighted by atomic mass is 16.2. The maximum Gasteiger partial charge on any atom is 0.258 e. The largest absolute Gasteiger partial charge is 0.298 e. The SMILES string of the molecule is C=C1CC(C(C)(C)C)C(=O)N1CN1C(=O)C(C)=C(C)C1=O. The Hall–Kier alpha value is -1.91. The molecule has 0 aromatic carbocycles. The molecule has 1 unspecified atom stereocenters. The monoisotopic (exact) mass is 290 g/mol. The zero-order valence-corrected chi connectivity index (χ0v) is 13.3. The van der Waals surface area contributed by atoms with Gasteiger partial charge in [0, 0.05) is 22.8 Å². The first kappa shape index (κ1) is 15.5. The number of likely N-dealkylation sites (tertiary alicyclic amines) is 1. The van der Waals surface area contributed by atoms with Gasteiger partial charge in [-0.1, -0.05) is 27.4 Å². The highest BCUT2D eigenvalue weighted by molar-refractivity contribution is 6.18. The first-order valence-corrected chi connectivity index (χ1v) is 7.08. The molecule has 0 aromatic heterocycles. The molecule has 0 bridgehead atoms. The number of imide groups is 1. The molecule has 2 aliphatic heterocycles. The van der Waals surface area contributed by atoms with E-state index in [0.29, 0.717) is 23.3 Å². The van der Waals surface area contributed by atoms with Crippen LogP contribution in [0.15, 0.2) is 23.4 Å². The van der Waals surface area contributed by atoms with E-state index in [-0.39, 0.29) is 35.7 Å². The fraction of sp³-hybridized carbons (Fsp3) is 0.562. The third-order valence-corrected chi connectivity index (χ3v) is 4.41. The Bertz CT molecular complexity index is 557. The summed E-state index contributed by atoms with van der Waals surface area (Å²) in [5.41, 5.74) is 1.40. The second-order valence-electron chi connectivity index (χ2n) is 6.88. The molecule has 0 N–H and O–H groups in total. The third-order valence-electron chi connectivity index (χ3n) is 4.41. The number of carbonyl (C=O) groups is 3. The maximum absolute atomic E-state index is 12.5. The van der Waals surface area contributed by atoms with Crippen molar-refractivity contribution >= 4 is 17.7 Å². The smallest absolute Gasteiger partial charge is 0.258 e. The summed E-state index contributed by atoms with van der Waals surface area (Å²) in [4.78, 5) is 39.3. The average molecular weight is 290 g/mol. The Morgan fingerprint density at radius 3 is 1.90 bits per heavy atom. The van der Waals surface area contributed by atoms with Gasteiger partial charge in [0.2, 0.25) is 5.91 Å². The molecule has 0 aliphatic carbocycles. The van der Waals surface area contributed by atoms with E-state index in [1.165, 1.54) is 4.90 Å². The van der Waals surface area contributed by atoms with Crippen LogP contribution in [0.2, 0.25) is 0 Å². The van der Waals surface area contributed by atoms with Crippen LogP contribution >= 0.6 is 0 Å². The van der Waals surface area contributed by atoms with Crippen molar-refractivity contribution in [1.82, 2.24) is 9.80 Å². The minimum absolute atomic E-state index is 0.0312. The molecule has 1 fully saturated rings. The van der Waals surface area contributed by atoms with Crippen molar-refractivity contribution in [3.63, 3.8) is 0 Å². The van der Waals surface area contributed by atoms with Gasteiger partial charge >= 0.3 is 0 Å². The zero-order chi connectivity index (χ0) is 16.1. The minimum Gasteiger partial charge on any atom is -0.298 e. The summed E-state index contributed by atoms with van der Waals surface area (Å²) in [5, 5.41) is 0. The number of carbonyl (C=O) groups excluding carboxylic acids is 3. The van der Waals surface area contributed by atoms with Crippen LogP contribution in [-0.2, 0) is 14.4 Å². The van der Waals surface area contributed by atoms with Crippen molar-refractivity contribution in [3.05, 3.63) is 23.4 Å². The van der Waals surface area contributed by atoms with Crippen molar-refractivity contribution in [2.75, 3.05) is 6.67 Å². The van der Waals surface area contributed by atoms with E-state index >= 15 is 0 Å². The Kier molecular flexibility index (Phi) is 3.56. The van der Waals surface area contributed by atoms with E-state index in [1.807, 2.05) is 20.8 Å². The van der Waals surface area contributed by atoms with Crippen molar-refractivity contribution in [2.24, 2.45) is 11.3 Å². The molecule has 2 rings (SSSR count). The summed E-state index contributed by atoms with van der Waals surface area (Å²) in [6.45, 7) is 13.2. The molecular formula is C16H22N2O3. The lowest BCUT2D eigenvalue weighted by Crippen LogP contribution is -2.43. The van der Waals surface area contributed by atoms with Gasteiger partial charge < -0.3 is 0 Å². The molecule has 1 atom stereocenters. The zero-order valence-electron chi connectivity index (χ0n) is 13.3. The van der Waals surface area contributed by atoms with E-state index in [1.54, 1.807) is 13.8 Å². The van der Waals surface area contributed by atoms with Crippen LogP contribution in [0.1, 0.15) is 41.0 Å². The number of allylic oxidation sites excluding steroid dienone is 1. The normalized spacial score (nSPS) is 24.0. The first-order chi connectivity index (χ1) is 9.55. The van der Waals surface area contributed by atoms with Crippen LogP contribution < -0.4 is 0 Å². The second-order valence-corrected chi connectivity index (χ2v) is 6.88. The van der Waals surface area contributed by atoms with E-state index in [0.717, 1.165) is 4.90 Å². The van der Waals surface area contributed by atoms with Crippen molar-refractivity contribution in [1.29, 1.82) is 0 Å². The number of amides is 3. The molecule has 1 saturated heterocycles. The van der Waals surface area contributed by atoms with Gasteiger partial charge in [0.1, 0.15) is 6.67 Å². The molecule has 0 saturated carbocycles. The highest BCUT2D eigenvalue weighted by Crippen LogP contribution is 2.39.